The van der Waals surface area contributed by atoms with Gasteiger partial charge in [0.2, 0.25) is 0 Å². The molecule has 1 aliphatic carbocycles. The third-order valence-electron chi connectivity index (χ3n) is 11.1. The van der Waals surface area contributed by atoms with E-state index < -0.39 is 0 Å². The van der Waals surface area contributed by atoms with Crippen LogP contribution in [0.2, 0.25) is 0 Å². The van der Waals surface area contributed by atoms with E-state index in [0.29, 0.717) is 6.61 Å². The summed E-state index contributed by atoms with van der Waals surface area (Å²) in [5, 5.41) is 0. The average molecular weight is 691 g/mol. The van der Waals surface area contributed by atoms with Crippen molar-refractivity contribution >= 4 is 11.9 Å². The Morgan fingerprint density at radius 3 is 1.22 bits per heavy atom. The SMILES string of the molecule is CCCCCCCCCCCCCC(CCCCCCCCC(C)C)OC(=O)C1CCCCC1C(=O)OCCCCCCCCCCCC. The van der Waals surface area contributed by atoms with Gasteiger partial charge in [-0.25, -0.2) is 0 Å². The molecule has 1 saturated carbocycles. The van der Waals surface area contributed by atoms with Crippen molar-refractivity contribution in [2.75, 3.05) is 6.61 Å². The summed E-state index contributed by atoms with van der Waals surface area (Å²) in [6.07, 6.45) is 41.8. The molecule has 0 saturated heterocycles. The largest absolute Gasteiger partial charge is 0.465 e. The van der Waals surface area contributed by atoms with Crippen LogP contribution in [0.1, 0.15) is 246 Å². The number of carbonyl (C=O) groups excluding carboxylic acids is 2. The zero-order valence-electron chi connectivity index (χ0n) is 33.7. The Morgan fingerprint density at radius 2 is 0.816 bits per heavy atom. The van der Waals surface area contributed by atoms with E-state index >= 15 is 0 Å². The molecule has 3 unspecified atom stereocenters. The first kappa shape index (κ1) is 46.0. The van der Waals surface area contributed by atoms with Crippen LogP contribution in [0, 0.1) is 17.8 Å². The minimum absolute atomic E-state index is 0.00255. The van der Waals surface area contributed by atoms with E-state index in [4.69, 9.17) is 9.47 Å². The van der Waals surface area contributed by atoms with E-state index in [1.807, 2.05) is 0 Å². The van der Waals surface area contributed by atoms with Crippen LogP contribution in [0.4, 0.5) is 0 Å². The molecule has 0 aromatic heterocycles. The Bertz CT molecular complexity index is 734. The van der Waals surface area contributed by atoms with Gasteiger partial charge in [-0.15, -0.1) is 0 Å². The molecule has 3 atom stereocenters. The highest BCUT2D eigenvalue weighted by molar-refractivity contribution is 5.82. The van der Waals surface area contributed by atoms with Crippen LogP contribution < -0.4 is 0 Å². The zero-order valence-corrected chi connectivity index (χ0v) is 33.7. The molecule has 0 aliphatic heterocycles. The summed E-state index contributed by atoms with van der Waals surface area (Å²) in [4.78, 5) is 26.8. The van der Waals surface area contributed by atoms with Crippen LogP contribution in [0.5, 0.6) is 0 Å². The van der Waals surface area contributed by atoms with Crippen LogP contribution in [-0.2, 0) is 19.1 Å². The lowest BCUT2D eigenvalue weighted by molar-refractivity contribution is -0.166. The van der Waals surface area contributed by atoms with Crippen molar-refractivity contribution in [1.29, 1.82) is 0 Å². The van der Waals surface area contributed by atoms with Gasteiger partial charge in [0.25, 0.3) is 0 Å². The van der Waals surface area contributed by atoms with Crippen LogP contribution in [-0.4, -0.2) is 24.6 Å². The van der Waals surface area contributed by atoms with Gasteiger partial charge < -0.3 is 9.47 Å². The summed E-state index contributed by atoms with van der Waals surface area (Å²) >= 11 is 0. The average Bonchev–Trinajstić information content (AvgIpc) is 3.10. The summed E-state index contributed by atoms with van der Waals surface area (Å²) in [5.41, 5.74) is 0. The lowest BCUT2D eigenvalue weighted by Crippen LogP contribution is -2.36. The Labute approximate surface area is 306 Å². The third-order valence-corrected chi connectivity index (χ3v) is 11.1. The number of ether oxygens (including phenoxy) is 2. The normalized spacial score (nSPS) is 17.0. The number of unbranched alkanes of at least 4 members (excludes halogenated alkanes) is 24. The second-order valence-corrected chi connectivity index (χ2v) is 16.3. The Balaban J connectivity index is 2.45. The highest BCUT2D eigenvalue weighted by Crippen LogP contribution is 2.33. The molecule has 1 rings (SSSR count). The van der Waals surface area contributed by atoms with E-state index in [-0.39, 0.29) is 29.9 Å². The van der Waals surface area contributed by atoms with Crippen LogP contribution in [0.3, 0.4) is 0 Å². The Hall–Kier alpha value is -1.06. The fourth-order valence-corrected chi connectivity index (χ4v) is 7.75. The van der Waals surface area contributed by atoms with E-state index in [0.717, 1.165) is 70.1 Å². The standard InChI is InChI=1S/C45H86O4/c1-5-7-9-11-13-15-17-18-20-25-29-35-41(36-30-26-22-21-24-28-34-40(3)4)49-45(47)43-38-32-31-37-42(43)44(46)48-39-33-27-23-19-16-14-12-10-8-6-2/h40-43H,5-39H2,1-4H3. The first-order valence-electron chi connectivity index (χ1n) is 22.4. The summed E-state index contributed by atoms with van der Waals surface area (Å²) in [5.74, 6) is -0.118. The van der Waals surface area contributed by atoms with Crippen molar-refractivity contribution in [3.05, 3.63) is 0 Å². The Kier molecular flexibility index (Phi) is 31.9. The Morgan fingerprint density at radius 1 is 0.469 bits per heavy atom. The summed E-state index contributed by atoms with van der Waals surface area (Å²) in [6.45, 7) is 9.67. The predicted octanol–water partition coefficient (Wildman–Crippen LogP) is 14.6. The van der Waals surface area contributed by atoms with E-state index in [9.17, 15) is 9.59 Å². The molecule has 0 heterocycles. The van der Waals surface area contributed by atoms with E-state index in [2.05, 4.69) is 27.7 Å². The minimum Gasteiger partial charge on any atom is -0.465 e. The molecule has 0 bridgehead atoms. The molecule has 0 N–H and O–H groups in total. The fraction of sp³-hybridized carbons (Fsp3) is 0.956. The van der Waals surface area contributed by atoms with E-state index in [1.165, 1.54) is 154 Å². The van der Waals surface area contributed by atoms with Crippen molar-refractivity contribution in [3.63, 3.8) is 0 Å². The molecule has 0 aromatic carbocycles. The van der Waals surface area contributed by atoms with Crippen molar-refractivity contribution in [2.24, 2.45) is 17.8 Å². The molecule has 1 aliphatic rings. The van der Waals surface area contributed by atoms with Crippen molar-refractivity contribution in [3.8, 4) is 0 Å². The molecule has 4 nitrogen and oxygen atoms in total. The van der Waals surface area contributed by atoms with Gasteiger partial charge in [0.1, 0.15) is 6.10 Å². The highest BCUT2D eigenvalue weighted by Gasteiger charge is 2.38. The minimum atomic E-state index is -0.324. The maximum atomic E-state index is 13.6. The van der Waals surface area contributed by atoms with Crippen molar-refractivity contribution in [1.82, 2.24) is 0 Å². The zero-order chi connectivity index (χ0) is 35.6. The summed E-state index contributed by atoms with van der Waals surface area (Å²) < 4.78 is 12.1. The lowest BCUT2D eigenvalue weighted by atomic mass is 9.79. The molecule has 49 heavy (non-hydrogen) atoms. The molecule has 0 amide bonds. The third kappa shape index (κ3) is 27.3. The molecule has 290 valence electrons. The maximum Gasteiger partial charge on any atom is 0.310 e. The van der Waals surface area contributed by atoms with Crippen LogP contribution in [0.15, 0.2) is 0 Å². The molecule has 0 aromatic rings. The fourth-order valence-electron chi connectivity index (χ4n) is 7.75. The smallest absolute Gasteiger partial charge is 0.310 e. The van der Waals surface area contributed by atoms with Crippen molar-refractivity contribution in [2.45, 2.75) is 252 Å². The van der Waals surface area contributed by atoms with Gasteiger partial charge in [-0.05, 0) is 50.9 Å². The van der Waals surface area contributed by atoms with Gasteiger partial charge in [0, 0.05) is 0 Å². The van der Waals surface area contributed by atoms with Gasteiger partial charge in [0.15, 0.2) is 0 Å². The van der Waals surface area contributed by atoms with Gasteiger partial charge in [-0.2, -0.15) is 0 Å². The second-order valence-electron chi connectivity index (χ2n) is 16.3. The molecule has 0 spiro atoms. The van der Waals surface area contributed by atoms with Gasteiger partial charge in [-0.1, -0.05) is 201 Å². The highest BCUT2D eigenvalue weighted by atomic mass is 16.5. The number of hydrogen-bond donors (Lipinski definition) is 0. The maximum absolute atomic E-state index is 13.6. The molecule has 0 radical (unpaired) electrons. The lowest BCUT2D eigenvalue weighted by Gasteiger charge is -2.30. The van der Waals surface area contributed by atoms with E-state index in [1.54, 1.807) is 0 Å². The van der Waals surface area contributed by atoms with Gasteiger partial charge in [0.05, 0.1) is 18.4 Å². The van der Waals surface area contributed by atoms with Crippen LogP contribution in [0.25, 0.3) is 0 Å². The van der Waals surface area contributed by atoms with Crippen molar-refractivity contribution < 1.29 is 19.1 Å². The molecular formula is C45H86O4. The summed E-state index contributed by atoms with van der Waals surface area (Å²) in [6, 6.07) is 0. The number of esters is 2. The topological polar surface area (TPSA) is 52.6 Å². The molecule has 4 heteroatoms. The predicted molar refractivity (Wildman–Crippen MR) is 211 cm³/mol. The number of carbonyl (C=O) groups is 2. The number of rotatable bonds is 35. The van der Waals surface area contributed by atoms with Gasteiger partial charge >= 0.3 is 11.9 Å². The number of hydrogen-bond acceptors (Lipinski definition) is 4. The van der Waals surface area contributed by atoms with Crippen LogP contribution >= 0.6 is 0 Å². The molecular weight excluding hydrogens is 604 g/mol. The second kappa shape index (κ2) is 34.0. The summed E-state index contributed by atoms with van der Waals surface area (Å²) in [7, 11) is 0. The quantitative estimate of drug-likeness (QED) is 0.0490. The monoisotopic (exact) mass is 691 g/mol. The first-order chi connectivity index (χ1) is 24.0. The van der Waals surface area contributed by atoms with Gasteiger partial charge in [-0.3, -0.25) is 9.59 Å². The first-order valence-corrected chi connectivity index (χ1v) is 22.4. The molecule has 1 fully saturated rings.